The third kappa shape index (κ3) is 2.40. The van der Waals surface area contributed by atoms with Gasteiger partial charge >= 0.3 is 0 Å². The van der Waals surface area contributed by atoms with Crippen molar-refractivity contribution in [2.75, 3.05) is 13.6 Å². The summed E-state index contributed by atoms with van der Waals surface area (Å²) in [5.74, 6) is 0. The molecule has 1 atom stereocenters. The van der Waals surface area contributed by atoms with E-state index < -0.39 is 0 Å². The minimum Gasteiger partial charge on any atom is -0.303 e. The highest BCUT2D eigenvalue weighted by Crippen LogP contribution is 2.23. The van der Waals surface area contributed by atoms with Gasteiger partial charge in [-0.3, -0.25) is 0 Å². The van der Waals surface area contributed by atoms with Crippen LogP contribution in [0.1, 0.15) is 30.9 Å². The van der Waals surface area contributed by atoms with Crippen molar-refractivity contribution in [3.8, 4) is 0 Å². The Morgan fingerprint density at radius 1 is 1.27 bits per heavy atom. The first-order valence-corrected chi connectivity index (χ1v) is 6.08. The Bertz CT molecular complexity index is 319. The van der Waals surface area contributed by atoms with Crippen molar-refractivity contribution in [1.82, 2.24) is 4.90 Å². The van der Waals surface area contributed by atoms with Gasteiger partial charge in [-0.05, 0) is 50.4 Å². The van der Waals surface area contributed by atoms with E-state index >= 15 is 0 Å². The Morgan fingerprint density at radius 2 is 2.00 bits per heavy atom. The van der Waals surface area contributed by atoms with E-state index in [0.717, 1.165) is 6.04 Å². The van der Waals surface area contributed by atoms with Gasteiger partial charge in [0.05, 0.1) is 0 Å². The van der Waals surface area contributed by atoms with Crippen LogP contribution in [-0.4, -0.2) is 24.5 Å². The third-order valence-electron chi connectivity index (χ3n) is 3.52. The number of fused-ring (bicyclic) bond motifs is 1. The van der Waals surface area contributed by atoms with Crippen LogP contribution in [0.25, 0.3) is 0 Å². The van der Waals surface area contributed by atoms with Gasteiger partial charge in [0.1, 0.15) is 0 Å². The van der Waals surface area contributed by atoms with Crippen molar-refractivity contribution in [3.63, 3.8) is 0 Å². The van der Waals surface area contributed by atoms with Crippen LogP contribution in [0, 0.1) is 0 Å². The van der Waals surface area contributed by atoms with Crippen molar-refractivity contribution < 1.29 is 0 Å². The molecule has 0 fully saturated rings. The molecule has 1 unspecified atom stereocenters. The fourth-order valence-corrected chi connectivity index (χ4v) is 2.59. The number of benzene rings is 1. The van der Waals surface area contributed by atoms with Crippen LogP contribution in [0.3, 0.4) is 0 Å². The monoisotopic (exact) mass is 203 g/mol. The minimum atomic E-state index is 0.764. The van der Waals surface area contributed by atoms with Crippen LogP contribution < -0.4 is 0 Å². The maximum Gasteiger partial charge on any atom is 0.0136 e. The predicted octanol–water partition coefficient (Wildman–Crippen LogP) is 2.89. The van der Waals surface area contributed by atoms with Crippen molar-refractivity contribution in [1.29, 1.82) is 0 Å². The number of hydrogen-bond donors (Lipinski definition) is 0. The summed E-state index contributed by atoms with van der Waals surface area (Å²) in [6, 6.07) is 9.67. The zero-order chi connectivity index (χ0) is 10.7. The van der Waals surface area contributed by atoms with Gasteiger partial charge in [-0.2, -0.15) is 0 Å². The highest BCUT2D eigenvalue weighted by molar-refractivity contribution is 5.30. The summed E-state index contributed by atoms with van der Waals surface area (Å²) in [5.41, 5.74) is 3.13. The average Bonchev–Trinajstić information content (AvgIpc) is 2.29. The third-order valence-corrected chi connectivity index (χ3v) is 3.52. The smallest absolute Gasteiger partial charge is 0.0136 e. The molecule has 0 amide bonds. The fourth-order valence-electron chi connectivity index (χ4n) is 2.59. The maximum atomic E-state index is 2.52. The normalized spacial score (nSPS) is 20.3. The van der Waals surface area contributed by atoms with E-state index in [0.29, 0.717) is 0 Å². The Morgan fingerprint density at radius 3 is 2.73 bits per heavy atom. The maximum absolute atomic E-state index is 2.52. The summed E-state index contributed by atoms with van der Waals surface area (Å²) in [6.45, 7) is 3.49. The molecule has 82 valence electrons. The lowest BCUT2D eigenvalue weighted by Gasteiger charge is -2.32. The molecule has 0 saturated carbocycles. The number of likely N-dealkylation sites (N-methyl/N-ethyl adjacent to an activating group) is 1. The van der Waals surface area contributed by atoms with E-state index in [4.69, 9.17) is 0 Å². The number of rotatable bonds is 3. The van der Waals surface area contributed by atoms with Crippen LogP contribution >= 0.6 is 0 Å². The molecule has 0 radical (unpaired) electrons. The minimum absolute atomic E-state index is 0.764. The Kier molecular flexibility index (Phi) is 3.42. The van der Waals surface area contributed by atoms with Crippen molar-refractivity contribution >= 4 is 0 Å². The molecule has 0 heterocycles. The van der Waals surface area contributed by atoms with E-state index in [1.807, 2.05) is 0 Å². The average molecular weight is 203 g/mol. The highest BCUT2D eigenvalue weighted by atomic mass is 15.1. The molecular weight excluding hydrogens is 182 g/mol. The molecule has 2 rings (SSSR count). The molecule has 1 aliphatic carbocycles. The van der Waals surface area contributed by atoms with E-state index in [2.05, 4.69) is 43.1 Å². The fraction of sp³-hybridized carbons (Fsp3) is 0.571. The highest BCUT2D eigenvalue weighted by Gasteiger charge is 2.20. The summed E-state index contributed by atoms with van der Waals surface area (Å²) < 4.78 is 0. The van der Waals surface area contributed by atoms with E-state index in [-0.39, 0.29) is 0 Å². The van der Waals surface area contributed by atoms with E-state index in [1.165, 1.54) is 32.2 Å². The Balaban J connectivity index is 2.05. The molecule has 1 nitrogen and oxygen atoms in total. The van der Waals surface area contributed by atoms with Crippen LogP contribution in [0.2, 0.25) is 0 Å². The summed E-state index contributed by atoms with van der Waals surface area (Å²) in [6.07, 6.45) is 5.09. The molecule has 1 heteroatoms. The zero-order valence-corrected chi connectivity index (χ0v) is 9.87. The topological polar surface area (TPSA) is 3.24 Å². The standard InChI is InChI=1S/C14H21N/c1-3-10-15(2)14-9-8-12-6-4-5-7-13(12)11-14/h4-7,14H,3,8-11H2,1-2H3. The second-order valence-corrected chi connectivity index (χ2v) is 4.65. The van der Waals surface area contributed by atoms with Crippen LogP contribution in [0.4, 0.5) is 0 Å². The van der Waals surface area contributed by atoms with Crippen molar-refractivity contribution in [3.05, 3.63) is 35.4 Å². The summed E-state index contributed by atoms with van der Waals surface area (Å²) in [4.78, 5) is 2.52. The molecule has 0 spiro atoms. The van der Waals surface area contributed by atoms with Gasteiger partial charge in [0.15, 0.2) is 0 Å². The number of hydrogen-bond acceptors (Lipinski definition) is 1. The first-order valence-electron chi connectivity index (χ1n) is 6.08. The predicted molar refractivity (Wildman–Crippen MR) is 65.2 cm³/mol. The first-order chi connectivity index (χ1) is 7.31. The van der Waals surface area contributed by atoms with Gasteiger partial charge < -0.3 is 4.90 Å². The second kappa shape index (κ2) is 4.80. The molecule has 0 N–H and O–H groups in total. The van der Waals surface area contributed by atoms with Gasteiger partial charge in [-0.15, -0.1) is 0 Å². The molecule has 0 bridgehead atoms. The van der Waals surface area contributed by atoms with Gasteiger partial charge in [0.2, 0.25) is 0 Å². The molecule has 0 saturated heterocycles. The molecule has 15 heavy (non-hydrogen) atoms. The van der Waals surface area contributed by atoms with Gasteiger partial charge in [-0.1, -0.05) is 31.2 Å². The molecule has 0 aromatic heterocycles. The van der Waals surface area contributed by atoms with Crippen LogP contribution in [-0.2, 0) is 12.8 Å². The molecule has 1 aliphatic rings. The summed E-state index contributed by atoms with van der Waals surface area (Å²) in [7, 11) is 2.27. The molecular formula is C14H21N. The summed E-state index contributed by atoms with van der Waals surface area (Å²) >= 11 is 0. The Labute approximate surface area is 93.1 Å². The lowest BCUT2D eigenvalue weighted by Crippen LogP contribution is -2.36. The SMILES string of the molecule is CCCN(C)C1CCc2ccccc2C1. The lowest BCUT2D eigenvalue weighted by atomic mass is 9.87. The second-order valence-electron chi connectivity index (χ2n) is 4.65. The van der Waals surface area contributed by atoms with Crippen molar-refractivity contribution in [2.45, 2.75) is 38.6 Å². The molecule has 1 aromatic carbocycles. The molecule has 1 aromatic rings. The zero-order valence-electron chi connectivity index (χ0n) is 9.87. The first kappa shape index (κ1) is 10.7. The number of nitrogens with zero attached hydrogens (tertiary/aromatic N) is 1. The van der Waals surface area contributed by atoms with Gasteiger partial charge in [-0.25, -0.2) is 0 Å². The molecule has 0 aliphatic heterocycles. The Hall–Kier alpha value is -0.820. The summed E-state index contributed by atoms with van der Waals surface area (Å²) in [5, 5.41) is 0. The van der Waals surface area contributed by atoms with Crippen LogP contribution in [0.15, 0.2) is 24.3 Å². The largest absolute Gasteiger partial charge is 0.303 e. The number of aryl methyl sites for hydroxylation is 1. The van der Waals surface area contributed by atoms with Crippen molar-refractivity contribution in [2.24, 2.45) is 0 Å². The quantitative estimate of drug-likeness (QED) is 0.730. The van der Waals surface area contributed by atoms with Gasteiger partial charge in [0, 0.05) is 6.04 Å². The van der Waals surface area contributed by atoms with Crippen LogP contribution in [0.5, 0.6) is 0 Å². The van der Waals surface area contributed by atoms with Gasteiger partial charge in [0.25, 0.3) is 0 Å². The van der Waals surface area contributed by atoms with E-state index in [9.17, 15) is 0 Å². The lowest BCUT2D eigenvalue weighted by molar-refractivity contribution is 0.222. The van der Waals surface area contributed by atoms with E-state index in [1.54, 1.807) is 11.1 Å².